The van der Waals surface area contributed by atoms with Crippen molar-refractivity contribution in [2.75, 3.05) is 52.9 Å². The van der Waals surface area contributed by atoms with Crippen LogP contribution in [0.25, 0.3) is 0 Å². The van der Waals surface area contributed by atoms with Crippen molar-refractivity contribution in [3.05, 3.63) is 77.6 Å². The molecule has 1 N–H and O–H groups in total. The minimum Gasteiger partial charge on any atom is -0.497 e. The molecule has 1 aromatic heterocycles. The number of aromatic nitrogens is 1. The van der Waals surface area contributed by atoms with Gasteiger partial charge in [0.25, 0.3) is 0 Å². The van der Waals surface area contributed by atoms with Crippen LogP contribution >= 0.6 is 0 Å². The highest BCUT2D eigenvalue weighted by Crippen LogP contribution is 2.33. The molecule has 1 aliphatic heterocycles. The molecule has 0 fully saturated rings. The highest BCUT2D eigenvalue weighted by Gasteiger charge is 2.33. The van der Waals surface area contributed by atoms with E-state index in [2.05, 4.69) is 54.1 Å². The van der Waals surface area contributed by atoms with Crippen LogP contribution in [-0.2, 0) is 16.1 Å². The Morgan fingerprint density at radius 1 is 1.00 bits per heavy atom. The molecule has 39 heavy (non-hydrogen) atoms. The van der Waals surface area contributed by atoms with Gasteiger partial charge >= 0.3 is 6.03 Å². The monoisotopic (exact) mass is 534 g/mol. The first kappa shape index (κ1) is 28.0. The van der Waals surface area contributed by atoms with Gasteiger partial charge in [-0.3, -0.25) is 4.79 Å². The van der Waals surface area contributed by atoms with Crippen LogP contribution in [0.3, 0.4) is 0 Å². The number of carbonyl (C=O) groups is 2. The molecular weight excluding hydrogens is 496 g/mol. The van der Waals surface area contributed by atoms with Crippen LogP contribution in [0.1, 0.15) is 42.6 Å². The Hall–Kier alpha value is -3.98. The summed E-state index contributed by atoms with van der Waals surface area (Å²) in [5, 5.41) is 2.88. The molecule has 0 bridgehead atoms. The third kappa shape index (κ3) is 6.54. The average molecular weight is 535 g/mol. The first-order valence-corrected chi connectivity index (χ1v) is 13.2. The molecule has 3 amide bonds. The molecule has 0 radical (unpaired) electrons. The van der Waals surface area contributed by atoms with Gasteiger partial charge in [-0.1, -0.05) is 38.1 Å². The Kier molecular flexibility index (Phi) is 9.14. The van der Waals surface area contributed by atoms with E-state index in [0.29, 0.717) is 42.8 Å². The van der Waals surface area contributed by atoms with Gasteiger partial charge in [-0.2, -0.15) is 0 Å². The molecule has 2 heterocycles. The standard InChI is InChI=1S/C30H38N4O5/c1-21(2)22-8-10-23(11-9-22)29-27-7-6-12-32(27)13-14-34(29)28(35)20-33(15-16-37-3)30(36)31-24-17-25(38-4)19-26(18-24)39-5/h6-12,17-19,21,29H,13-16,20H2,1-5H3,(H,31,36). The number of carbonyl (C=O) groups excluding carboxylic acids is 2. The number of urea groups is 1. The number of nitrogens with zero attached hydrogens (tertiary/aromatic N) is 3. The van der Waals surface area contributed by atoms with E-state index in [1.165, 1.54) is 10.5 Å². The van der Waals surface area contributed by atoms with Crippen molar-refractivity contribution >= 4 is 17.6 Å². The number of methoxy groups -OCH3 is 3. The van der Waals surface area contributed by atoms with Gasteiger partial charge in [0.05, 0.1) is 26.9 Å². The fraction of sp³-hybridized carbons (Fsp3) is 0.400. The van der Waals surface area contributed by atoms with Crippen molar-refractivity contribution in [1.82, 2.24) is 14.4 Å². The first-order chi connectivity index (χ1) is 18.8. The highest BCUT2D eigenvalue weighted by atomic mass is 16.5. The molecule has 9 heteroatoms. The number of nitrogens with one attached hydrogen (secondary N) is 1. The number of hydrogen-bond acceptors (Lipinski definition) is 5. The Morgan fingerprint density at radius 3 is 2.31 bits per heavy atom. The maximum Gasteiger partial charge on any atom is 0.322 e. The number of amides is 3. The van der Waals surface area contributed by atoms with Gasteiger partial charge in [-0.15, -0.1) is 0 Å². The molecule has 3 aromatic rings. The molecule has 1 atom stereocenters. The molecular formula is C30H38N4O5. The van der Waals surface area contributed by atoms with Crippen LogP contribution in [0.15, 0.2) is 60.8 Å². The van der Waals surface area contributed by atoms with E-state index >= 15 is 0 Å². The summed E-state index contributed by atoms with van der Waals surface area (Å²) in [5.41, 5.74) is 3.86. The zero-order valence-corrected chi connectivity index (χ0v) is 23.3. The lowest BCUT2D eigenvalue weighted by molar-refractivity contribution is -0.134. The lowest BCUT2D eigenvalue weighted by Gasteiger charge is -2.38. The zero-order valence-electron chi connectivity index (χ0n) is 23.3. The SMILES string of the molecule is COCCN(CC(=O)N1CCn2cccc2C1c1ccc(C(C)C)cc1)C(=O)Nc1cc(OC)cc(OC)c1. The van der Waals surface area contributed by atoms with Gasteiger partial charge in [-0.05, 0) is 29.2 Å². The maximum absolute atomic E-state index is 13.8. The quantitative estimate of drug-likeness (QED) is 0.406. The van der Waals surface area contributed by atoms with Crippen molar-refractivity contribution in [1.29, 1.82) is 0 Å². The molecule has 0 aliphatic carbocycles. The second kappa shape index (κ2) is 12.7. The highest BCUT2D eigenvalue weighted by molar-refractivity contribution is 5.93. The van der Waals surface area contributed by atoms with Crippen molar-refractivity contribution in [2.45, 2.75) is 32.4 Å². The minimum atomic E-state index is -0.408. The van der Waals surface area contributed by atoms with E-state index in [-0.39, 0.29) is 25.0 Å². The number of fused-ring (bicyclic) bond motifs is 1. The topological polar surface area (TPSA) is 85.3 Å². The fourth-order valence-corrected chi connectivity index (χ4v) is 4.86. The fourth-order valence-electron chi connectivity index (χ4n) is 4.86. The van der Waals surface area contributed by atoms with Crippen LogP contribution in [0.5, 0.6) is 11.5 Å². The van der Waals surface area contributed by atoms with Gasteiger partial charge in [0.1, 0.15) is 18.0 Å². The van der Waals surface area contributed by atoms with Crippen molar-refractivity contribution in [3.63, 3.8) is 0 Å². The summed E-state index contributed by atoms with van der Waals surface area (Å²) < 4.78 is 18.1. The van der Waals surface area contributed by atoms with Crippen molar-refractivity contribution < 1.29 is 23.8 Å². The Balaban J connectivity index is 1.57. The molecule has 2 aromatic carbocycles. The Morgan fingerprint density at radius 2 is 1.69 bits per heavy atom. The summed E-state index contributed by atoms with van der Waals surface area (Å²) in [7, 11) is 4.66. The average Bonchev–Trinajstić information content (AvgIpc) is 3.43. The third-order valence-electron chi connectivity index (χ3n) is 7.06. The van der Waals surface area contributed by atoms with Crippen LogP contribution in [0.2, 0.25) is 0 Å². The first-order valence-electron chi connectivity index (χ1n) is 13.2. The normalized spacial score (nSPS) is 14.6. The summed E-state index contributed by atoms with van der Waals surface area (Å²) >= 11 is 0. The van der Waals surface area contributed by atoms with Crippen molar-refractivity contribution in [2.24, 2.45) is 0 Å². The van der Waals surface area contributed by atoms with Gasteiger partial charge in [0.15, 0.2) is 0 Å². The summed E-state index contributed by atoms with van der Waals surface area (Å²) in [6.45, 7) is 6.04. The molecule has 1 aliphatic rings. The largest absolute Gasteiger partial charge is 0.497 e. The lowest BCUT2D eigenvalue weighted by Crippen LogP contribution is -2.49. The van der Waals surface area contributed by atoms with Crippen LogP contribution in [-0.4, -0.2) is 73.9 Å². The van der Waals surface area contributed by atoms with E-state index < -0.39 is 6.03 Å². The van der Waals surface area contributed by atoms with Crippen LogP contribution in [0.4, 0.5) is 10.5 Å². The molecule has 4 rings (SSSR count). The molecule has 0 spiro atoms. The number of anilines is 1. The molecule has 0 saturated heterocycles. The van der Waals surface area contributed by atoms with Gasteiger partial charge in [-0.25, -0.2) is 4.79 Å². The molecule has 208 valence electrons. The molecule has 0 saturated carbocycles. The van der Waals surface area contributed by atoms with Gasteiger partial charge in [0, 0.05) is 62.5 Å². The van der Waals surface area contributed by atoms with Gasteiger partial charge in [0.2, 0.25) is 5.91 Å². The number of hydrogen-bond donors (Lipinski definition) is 1. The van der Waals surface area contributed by atoms with E-state index in [0.717, 1.165) is 11.3 Å². The Labute approximate surface area is 230 Å². The van der Waals surface area contributed by atoms with E-state index in [9.17, 15) is 9.59 Å². The predicted octanol–water partition coefficient (Wildman–Crippen LogP) is 4.74. The zero-order chi connectivity index (χ0) is 27.9. The van der Waals surface area contributed by atoms with Gasteiger partial charge < -0.3 is 33.9 Å². The predicted molar refractivity (Wildman–Crippen MR) is 151 cm³/mol. The minimum absolute atomic E-state index is 0.0857. The third-order valence-corrected chi connectivity index (χ3v) is 7.06. The summed E-state index contributed by atoms with van der Waals surface area (Å²) in [6.07, 6.45) is 2.05. The van der Waals surface area contributed by atoms with E-state index in [4.69, 9.17) is 14.2 Å². The second-order valence-corrected chi connectivity index (χ2v) is 9.88. The summed E-state index contributed by atoms with van der Waals surface area (Å²) in [6, 6.07) is 17.0. The van der Waals surface area contributed by atoms with E-state index in [1.807, 2.05) is 17.2 Å². The number of benzene rings is 2. The number of ether oxygens (including phenoxy) is 3. The lowest BCUT2D eigenvalue weighted by atomic mass is 9.95. The molecule has 1 unspecified atom stereocenters. The molecule has 9 nitrogen and oxygen atoms in total. The number of rotatable bonds is 10. The van der Waals surface area contributed by atoms with Crippen LogP contribution in [0, 0.1) is 0 Å². The summed E-state index contributed by atoms with van der Waals surface area (Å²) in [4.78, 5) is 30.5. The maximum atomic E-state index is 13.8. The summed E-state index contributed by atoms with van der Waals surface area (Å²) in [5.74, 6) is 1.39. The smallest absolute Gasteiger partial charge is 0.322 e. The second-order valence-electron chi connectivity index (χ2n) is 9.88. The van der Waals surface area contributed by atoms with Crippen molar-refractivity contribution in [3.8, 4) is 11.5 Å². The van der Waals surface area contributed by atoms with E-state index in [1.54, 1.807) is 39.5 Å². The Bertz CT molecular complexity index is 1250. The van der Waals surface area contributed by atoms with Crippen LogP contribution < -0.4 is 14.8 Å².